The van der Waals surface area contributed by atoms with E-state index in [1.165, 1.54) is 6.20 Å². The van der Waals surface area contributed by atoms with Crippen molar-refractivity contribution in [1.29, 1.82) is 0 Å². The molecule has 1 amide bonds. The molecule has 1 aliphatic heterocycles. The largest absolute Gasteiger partial charge is 0.368 e. The van der Waals surface area contributed by atoms with Gasteiger partial charge in [-0.1, -0.05) is 36.2 Å². The third-order valence-electron chi connectivity index (χ3n) is 4.66. The maximum atomic E-state index is 12.5. The molecule has 7 heteroatoms. The summed E-state index contributed by atoms with van der Waals surface area (Å²) < 4.78 is 0. The van der Waals surface area contributed by atoms with Crippen LogP contribution in [0.15, 0.2) is 30.6 Å². The highest BCUT2D eigenvalue weighted by atomic mass is 35.5. The Labute approximate surface area is 163 Å². The number of anilines is 1. The summed E-state index contributed by atoms with van der Waals surface area (Å²) in [6.45, 7) is 4.47. The lowest BCUT2D eigenvalue weighted by Gasteiger charge is -2.29. The topological polar surface area (TPSA) is 58.1 Å². The summed E-state index contributed by atoms with van der Waals surface area (Å²) >= 11 is 12.1. The predicted octanol–water partition coefficient (Wildman–Crippen LogP) is 4.31. The van der Waals surface area contributed by atoms with Crippen LogP contribution >= 0.6 is 23.2 Å². The van der Waals surface area contributed by atoms with Gasteiger partial charge in [-0.05, 0) is 42.9 Å². The predicted molar refractivity (Wildman–Crippen MR) is 105 cm³/mol. The molecule has 1 aromatic heterocycles. The van der Waals surface area contributed by atoms with Crippen LogP contribution in [0.3, 0.4) is 0 Å². The van der Waals surface area contributed by atoms with E-state index in [0.29, 0.717) is 34.0 Å². The molecule has 2 heterocycles. The number of nitrogens with zero attached hydrogens (tertiary/aromatic N) is 3. The molecule has 0 bridgehead atoms. The lowest BCUT2D eigenvalue weighted by atomic mass is 9.99. The van der Waals surface area contributed by atoms with E-state index >= 15 is 0 Å². The van der Waals surface area contributed by atoms with Crippen molar-refractivity contribution in [2.45, 2.75) is 26.2 Å². The molecule has 26 heavy (non-hydrogen) atoms. The number of hydrogen-bond donors (Lipinski definition) is 1. The molecule has 0 unspecified atom stereocenters. The van der Waals surface area contributed by atoms with Crippen LogP contribution in [0.2, 0.25) is 10.0 Å². The molecule has 2 aromatic rings. The SMILES string of the molecule is CC1CCN(C(=O)c2cnc(NCCc3ccc(Cl)cc3Cl)cn2)CC1. The summed E-state index contributed by atoms with van der Waals surface area (Å²) in [7, 11) is 0. The van der Waals surface area contributed by atoms with Gasteiger partial charge in [0.25, 0.3) is 5.91 Å². The zero-order valence-electron chi connectivity index (χ0n) is 14.7. The molecule has 0 atom stereocenters. The van der Waals surface area contributed by atoms with Gasteiger partial charge in [-0.15, -0.1) is 0 Å². The summed E-state index contributed by atoms with van der Waals surface area (Å²) in [6, 6.07) is 5.48. The molecule has 1 fully saturated rings. The van der Waals surface area contributed by atoms with Crippen LogP contribution in [0.25, 0.3) is 0 Å². The minimum Gasteiger partial charge on any atom is -0.368 e. The van der Waals surface area contributed by atoms with Gasteiger partial charge in [0.1, 0.15) is 11.5 Å². The number of carbonyl (C=O) groups excluding carboxylic acids is 1. The van der Waals surface area contributed by atoms with Crippen molar-refractivity contribution in [2.24, 2.45) is 5.92 Å². The molecule has 1 N–H and O–H groups in total. The number of benzene rings is 1. The van der Waals surface area contributed by atoms with E-state index in [-0.39, 0.29) is 5.91 Å². The van der Waals surface area contributed by atoms with E-state index in [0.717, 1.165) is 37.9 Å². The van der Waals surface area contributed by atoms with Crippen LogP contribution in [-0.4, -0.2) is 40.4 Å². The first-order valence-corrected chi connectivity index (χ1v) is 9.57. The molecule has 0 aliphatic carbocycles. The lowest BCUT2D eigenvalue weighted by molar-refractivity contribution is 0.0691. The molecular weight excluding hydrogens is 371 g/mol. The number of nitrogens with one attached hydrogen (secondary N) is 1. The van der Waals surface area contributed by atoms with Crippen LogP contribution in [0.5, 0.6) is 0 Å². The van der Waals surface area contributed by atoms with Crippen LogP contribution in [-0.2, 0) is 6.42 Å². The fraction of sp³-hybridized carbons (Fsp3) is 0.421. The number of halogens is 2. The molecule has 1 aliphatic rings. The Morgan fingerprint density at radius 3 is 2.65 bits per heavy atom. The average Bonchev–Trinajstić information content (AvgIpc) is 2.64. The minimum atomic E-state index is -0.0381. The van der Waals surface area contributed by atoms with Crippen LogP contribution < -0.4 is 5.32 Å². The van der Waals surface area contributed by atoms with Crippen molar-refractivity contribution in [2.75, 3.05) is 25.0 Å². The molecule has 1 aromatic carbocycles. The number of rotatable bonds is 5. The quantitative estimate of drug-likeness (QED) is 0.823. The number of piperidine rings is 1. The van der Waals surface area contributed by atoms with E-state index in [2.05, 4.69) is 22.2 Å². The van der Waals surface area contributed by atoms with Crippen LogP contribution in [0, 0.1) is 5.92 Å². The standard InChI is InChI=1S/C19H22Cl2N4O/c1-13-5-8-25(9-6-13)19(26)17-11-24-18(12-23-17)22-7-4-14-2-3-15(20)10-16(14)21/h2-3,10-13H,4-9H2,1H3,(H,22,24). The van der Waals surface area contributed by atoms with E-state index in [1.807, 2.05) is 17.0 Å². The zero-order valence-corrected chi connectivity index (χ0v) is 16.2. The second-order valence-electron chi connectivity index (χ2n) is 6.67. The Bertz CT molecular complexity index is 759. The maximum absolute atomic E-state index is 12.5. The Kier molecular flexibility index (Phi) is 6.33. The average molecular weight is 393 g/mol. The zero-order chi connectivity index (χ0) is 18.5. The molecule has 3 rings (SSSR count). The minimum absolute atomic E-state index is 0.0381. The monoisotopic (exact) mass is 392 g/mol. The summed E-state index contributed by atoms with van der Waals surface area (Å²) in [5.74, 6) is 1.29. The van der Waals surface area contributed by atoms with Crippen molar-refractivity contribution in [1.82, 2.24) is 14.9 Å². The highest BCUT2D eigenvalue weighted by Crippen LogP contribution is 2.21. The van der Waals surface area contributed by atoms with Gasteiger partial charge in [0.2, 0.25) is 0 Å². The first kappa shape index (κ1) is 18.9. The third-order valence-corrected chi connectivity index (χ3v) is 5.24. The number of hydrogen-bond acceptors (Lipinski definition) is 4. The summed E-state index contributed by atoms with van der Waals surface area (Å²) in [5, 5.41) is 4.48. The van der Waals surface area contributed by atoms with E-state index in [9.17, 15) is 4.79 Å². The Balaban J connectivity index is 1.52. The highest BCUT2D eigenvalue weighted by molar-refractivity contribution is 6.35. The fourth-order valence-corrected chi connectivity index (χ4v) is 3.46. The molecular formula is C19H22Cl2N4O. The molecule has 5 nitrogen and oxygen atoms in total. The fourth-order valence-electron chi connectivity index (χ4n) is 2.95. The van der Waals surface area contributed by atoms with Gasteiger partial charge in [0.05, 0.1) is 12.4 Å². The molecule has 0 saturated carbocycles. The smallest absolute Gasteiger partial charge is 0.274 e. The van der Waals surface area contributed by atoms with Gasteiger partial charge in [-0.2, -0.15) is 0 Å². The van der Waals surface area contributed by atoms with Gasteiger partial charge in [-0.25, -0.2) is 9.97 Å². The molecule has 1 saturated heterocycles. The van der Waals surface area contributed by atoms with Crippen molar-refractivity contribution in [3.05, 3.63) is 51.9 Å². The van der Waals surface area contributed by atoms with E-state index in [4.69, 9.17) is 23.2 Å². The van der Waals surface area contributed by atoms with Gasteiger partial charge in [-0.3, -0.25) is 4.79 Å². The summed E-state index contributed by atoms with van der Waals surface area (Å²) in [5.41, 5.74) is 1.41. The number of amides is 1. The van der Waals surface area contributed by atoms with Gasteiger partial charge >= 0.3 is 0 Å². The number of carbonyl (C=O) groups is 1. The van der Waals surface area contributed by atoms with Crippen LogP contribution in [0.4, 0.5) is 5.82 Å². The second kappa shape index (κ2) is 8.69. The van der Waals surface area contributed by atoms with Crippen molar-refractivity contribution >= 4 is 34.9 Å². The van der Waals surface area contributed by atoms with Crippen LogP contribution in [0.1, 0.15) is 35.8 Å². The van der Waals surface area contributed by atoms with Gasteiger partial charge in [0, 0.05) is 29.7 Å². The van der Waals surface area contributed by atoms with Gasteiger partial charge in [0.15, 0.2) is 0 Å². The Hall–Kier alpha value is -1.85. The van der Waals surface area contributed by atoms with Crippen molar-refractivity contribution in [3.8, 4) is 0 Å². The Morgan fingerprint density at radius 1 is 1.23 bits per heavy atom. The highest BCUT2D eigenvalue weighted by Gasteiger charge is 2.22. The first-order valence-electron chi connectivity index (χ1n) is 8.82. The number of likely N-dealkylation sites (tertiary alicyclic amines) is 1. The van der Waals surface area contributed by atoms with Gasteiger partial charge < -0.3 is 10.2 Å². The third kappa shape index (κ3) is 4.86. The molecule has 138 valence electrons. The maximum Gasteiger partial charge on any atom is 0.274 e. The van der Waals surface area contributed by atoms with E-state index in [1.54, 1.807) is 12.3 Å². The van der Waals surface area contributed by atoms with Crippen molar-refractivity contribution in [3.63, 3.8) is 0 Å². The summed E-state index contributed by atoms with van der Waals surface area (Å²) in [6.07, 6.45) is 5.98. The van der Waals surface area contributed by atoms with Crippen molar-refractivity contribution < 1.29 is 4.79 Å². The second-order valence-corrected chi connectivity index (χ2v) is 7.52. The normalized spacial score (nSPS) is 15.1. The van der Waals surface area contributed by atoms with E-state index < -0.39 is 0 Å². The first-order chi connectivity index (χ1) is 12.5. The molecule has 0 radical (unpaired) electrons. The lowest BCUT2D eigenvalue weighted by Crippen LogP contribution is -2.38. The number of aromatic nitrogens is 2. The Morgan fingerprint density at radius 2 is 2.00 bits per heavy atom. The summed E-state index contributed by atoms with van der Waals surface area (Å²) in [4.78, 5) is 22.9. The molecule has 0 spiro atoms.